The first-order valence-corrected chi connectivity index (χ1v) is 15.0. The first-order chi connectivity index (χ1) is 20.3. The van der Waals surface area contributed by atoms with Gasteiger partial charge in [0.2, 0.25) is 0 Å². The number of rotatable bonds is 10. The van der Waals surface area contributed by atoms with E-state index < -0.39 is 23.6 Å². The lowest BCUT2D eigenvalue weighted by Crippen LogP contribution is -2.28. The molecule has 0 aliphatic carbocycles. The van der Waals surface area contributed by atoms with Crippen molar-refractivity contribution in [2.45, 2.75) is 51.7 Å². The van der Waals surface area contributed by atoms with Gasteiger partial charge >= 0.3 is 11.9 Å². The summed E-state index contributed by atoms with van der Waals surface area (Å²) < 4.78 is 8.66. The molecule has 0 radical (unpaired) electrons. The Hall–Kier alpha value is -3.99. The number of hydrogen-bond donors (Lipinski definition) is 3. The van der Waals surface area contributed by atoms with Crippen molar-refractivity contribution in [3.8, 4) is 11.1 Å². The van der Waals surface area contributed by atoms with Crippen LogP contribution in [0.1, 0.15) is 55.9 Å². The molecular formula is C32H33ClN4O5S. The van der Waals surface area contributed by atoms with Crippen molar-refractivity contribution < 1.29 is 24.5 Å². The van der Waals surface area contributed by atoms with Gasteiger partial charge in [-0.3, -0.25) is 9.48 Å². The maximum Gasteiger partial charge on any atom is 0.337 e. The number of carbonyl (C=O) groups is 2. The number of benzene rings is 3. The lowest BCUT2D eigenvalue weighted by Gasteiger charge is -2.28. The van der Waals surface area contributed by atoms with Gasteiger partial charge in [0, 0.05) is 41.0 Å². The fourth-order valence-corrected chi connectivity index (χ4v) is 6.44. The zero-order valence-electron chi connectivity index (χ0n) is 24.5. The van der Waals surface area contributed by atoms with E-state index in [2.05, 4.69) is 10.4 Å². The number of aryl methyl sites for hydroxylation is 2. The summed E-state index contributed by atoms with van der Waals surface area (Å²) in [6, 6.07) is 15.0. The van der Waals surface area contributed by atoms with Gasteiger partial charge in [0.1, 0.15) is 0 Å². The number of aliphatic carboxylic acids is 2. The summed E-state index contributed by atoms with van der Waals surface area (Å²) in [6.45, 7) is 7.68. The largest absolute Gasteiger partial charge is 0.481 e. The molecule has 5 rings (SSSR count). The van der Waals surface area contributed by atoms with Crippen molar-refractivity contribution in [2.75, 3.05) is 11.9 Å². The van der Waals surface area contributed by atoms with Crippen LogP contribution in [0.25, 0.3) is 32.2 Å². The van der Waals surface area contributed by atoms with Gasteiger partial charge < -0.3 is 20.3 Å². The highest BCUT2D eigenvalue weighted by Gasteiger charge is 2.32. The Morgan fingerprint density at radius 1 is 1.12 bits per heavy atom. The van der Waals surface area contributed by atoms with Crippen LogP contribution >= 0.6 is 22.9 Å². The van der Waals surface area contributed by atoms with E-state index in [1.807, 2.05) is 71.1 Å². The van der Waals surface area contributed by atoms with E-state index in [0.717, 1.165) is 37.9 Å². The Morgan fingerprint density at radius 2 is 1.84 bits per heavy atom. The van der Waals surface area contributed by atoms with Crippen LogP contribution in [-0.4, -0.2) is 49.1 Å². The van der Waals surface area contributed by atoms with Gasteiger partial charge in [0.05, 0.1) is 34.0 Å². The number of nitrogens with zero attached hydrogens (tertiary/aromatic N) is 3. The maximum atomic E-state index is 12.6. The lowest BCUT2D eigenvalue weighted by molar-refractivity contribution is -0.160. The van der Waals surface area contributed by atoms with Crippen LogP contribution in [0.3, 0.4) is 0 Å². The quantitative estimate of drug-likeness (QED) is 0.147. The number of thiazole rings is 1. The molecule has 0 spiro atoms. The summed E-state index contributed by atoms with van der Waals surface area (Å²) >= 11 is 7.59. The molecule has 0 fully saturated rings. The summed E-state index contributed by atoms with van der Waals surface area (Å²) in [5, 5.41) is 29.7. The van der Waals surface area contributed by atoms with E-state index in [9.17, 15) is 19.8 Å². The van der Waals surface area contributed by atoms with Crippen LogP contribution in [-0.2, 0) is 21.4 Å². The third-order valence-electron chi connectivity index (χ3n) is 7.18. The molecule has 5 aromatic rings. The molecular weight excluding hydrogens is 588 g/mol. The molecule has 2 heterocycles. The fraction of sp³-hybridized carbons (Fsp3) is 0.312. The Morgan fingerprint density at radius 3 is 2.49 bits per heavy atom. The molecule has 0 aliphatic rings. The number of halogens is 1. The predicted molar refractivity (Wildman–Crippen MR) is 170 cm³/mol. The van der Waals surface area contributed by atoms with Crippen molar-refractivity contribution in [1.82, 2.24) is 14.8 Å². The van der Waals surface area contributed by atoms with Crippen molar-refractivity contribution in [1.29, 1.82) is 0 Å². The minimum Gasteiger partial charge on any atom is -0.481 e. The van der Waals surface area contributed by atoms with E-state index in [-0.39, 0.29) is 12.3 Å². The minimum absolute atomic E-state index is 0.0621. The number of nitrogens with one attached hydrogen (secondary N) is 1. The first kappa shape index (κ1) is 30.5. The number of aromatic nitrogens is 3. The average molecular weight is 621 g/mol. The highest BCUT2D eigenvalue weighted by Crippen LogP contribution is 2.44. The van der Waals surface area contributed by atoms with Crippen molar-refractivity contribution in [3.63, 3.8) is 0 Å². The molecule has 2 atom stereocenters. The number of hydrogen-bond acceptors (Lipinski definition) is 7. The molecule has 0 bridgehead atoms. The lowest BCUT2D eigenvalue weighted by atomic mass is 9.91. The van der Waals surface area contributed by atoms with Crippen LogP contribution in [0.4, 0.5) is 5.13 Å². The third kappa shape index (κ3) is 6.66. The molecule has 0 saturated carbocycles. The van der Waals surface area contributed by atoms with Crippen LogP contribution in [0.15, 0.2) is 54.7 Å². The monoisotopic (exact) mass is 620 g/mol. The molecule has 9 nitrogen and oxygen atoms in total. The Labute approximate surface area is 258 Å². The van der Waals surface area contributed by atoms with E-state index in [1.165, 1.54) is 11.3 Å². The molecule has 11 heteroatoms. The van der Waals surface area contributed by atoms with Crippen molar-refractivity contribution in [2.24, 2.45) is 7.05 Å². The number of fused-ring (bicyclic) bond motifs is 2. The molecule has 0 saturated heterocycles. The highest BCUT2D eigenvalue weighted by molar-refractivity contribution is 7.22. The number of carboxylic acids is 2. The number of anilines is 1. The molecule has 0 amide bonds. The van der Waals surface area contributed by atoms with Crippen molar-refractivity contribution >= 4 is 61.1 Å². The van der Waals surface area contributed by atoms with Gasteiger partial charge in [-0.25, -0.2) is 9.78 Å². The molecule has 3 aromatic carbocycles. The maximum absolute atomic E-state index is 12.6. The van der Waals surface area contributed by atoms with E-state index in [4.69, 9.17) is 21.3 Å². The van der Waals surface area contributed by atoms with Crippen LogP contribution in [0.5, 0.6) is 0 Å². The fourth-order valence-electron chi connectivity index (χ4n) is 5.28. The topological polar surface area (TPSA) is 127 Å². The summed E-state index contributed by atoms with van der Waals surface area (Å²) in [5.41, 5.74) is 4.65. The van der Waals surface area contributed by atoms with E-state index in [1.54, 1.807) is 23.0 Å². The van der Waals surface area contributed by atoms with E-state index in [0.29, 0.717) is 27.8 Å². The predicted octanol–water partition coefficient (Wildman–Crippen LogP) is 7.42. The first-order valence-electron chi connectivity index (χ1n) is 13.8. The normalized spacial score (nSPS) is 13.3. The Balaban J connectivity index is 1.57. The van der Waals surface area contributed by atoms with Gasteiger partial charge in [0.15, 0.2) is 11.2 Å². The van der Waals surface area contributed by atoms with E-state index >= 15 is 0 Å². The Kier molecular flexibility index (Phi) is 8.47. The second-order valence-corrected chi connectivity index (χ2v) is 13.0. The second kappa shape index (κ2) is 11.9. The minimum atomic E-state index is -1.21. The molecule has 2 unspecified atom stereocenters. The summed E-state index contributed by atoms with van der Waals surface area (Å²) in [6.07, 6.45) is 0.493. The molecule has 2 aromatic heterocycles. The van der Waals surface area contributed by atoms with Crippen LogP contribution < -0.4 is 5.32 Å². The number of ether oxygens (including phenoxy) is 1. The van der Waals surface area contributed by atoms with Gasteiger partial charge in [-0.05, 0) is 74.7 Å². The van der Waals surface area contributed by atoms with Gasteiger partial charge in [-0.15, -0.1) is 0 Å². The second-order valence-electron chi connectivity index (χ2n) is 11.6. The average Bonchev–Trinajstić information content (AvgIpc) is 3.51. The summed E-state index contributed by atoms with van der Waals surface area (Å²) in [5.74, 6) is -2.30. The molecule has 3 N–H and O–H groups in total. The number of carboxylic acid groups (broad SMARTS) is 2. The van der Waals surface area contributed by atoms with Crippen LogP contribution in [0, 0.1) is 6.92 Å². The third-order valence-corrected chi connectivity index (χ3v) is 8.48. The van der Waals surface area contributed by atoms with Crippen molar-refractivity contribution in [3.05, 3.63) is 76.4 Å². The van der Waals surface area contributed by atoms with Gasteiger partial charge in [-0.1, -0.05) is 41.1 Å². The standard InChI is InChI=1S/C32H33ClN4O5S/c1-17-12-23-29(27(18-6-9-22(33)10-7-18)26(17)28(30(40)41)42-32(2,3)4)43-31(36-23)34-15-20(14-25(38)39)19-8-11-24-21(13-19)16-35-37(24)5/h6-13,16,20,28H,14-15H2,1-5H3,(H,34,36)(H,38,39)(H,40,41). The zero-order chi connectivity index (χ0) is 31.1. The zero-order valence-corrected chi connectivity index (χ0v) is 26.1. The SMILES string of the molecule is Cc1cc2nc(NCC(CC(=O)O)c3ccc4c(cnn4C)c3)sc2c(-c2ccc(Cl)cc2)c1C(OC(C)(C)C)C(=O)O. The summed E-state index contributed by atoms with van der Waals surface area (Å²) in [4.78, 5) is 29.2. The molecule has 224 valence electrons. The molecule has 43 heavy (non-hydrogen) atoms. The smallest absolute Gasteiger partial charge is 0.337 e. The molecule has 0 aliphatic heterocycles. The van der Waals surface area contributed by atoms with Gasteiger partial charge in [0.25, 0.3) is 0 Å². The summed E-state index contributed by atoms with van der Waals surface area (Å²) in [7, 11) is 1.87. The Bertz CT molecular complexity index is 1820. The highest BCUT2D eigenvalue weighted by atomic mass is 35.5. The van der Waals surface area contributed by atoms with Gasteiger partial charge in [-0.2, -0.15) is 5.10 Å². The van der Waals surface area contributed by atoms with Crippen LogP contribution in [0.2, 0.25) is 5.02 Å².